The molecule has 0 fully saturated rings. The molecule has 0 spiro atoms. The van der Waals surface area contributed by atoms with E-state index in [2.05, 4.69) is 0 Å². The Bertz CT molecular complexity index is 847. The zero-order valence-electron chi connectivity index (χ0n) is 14.1. The number of hydrogen-bond donors (Lipinski definition) is 1. The van der Waals surface area contributed by atoms with Gasteiger partial charge in [0.2, 0.25) is 0 Å². The summed E-state index contributed by atoms with van der Waals surface area (Å²) in [6.07, 6.45) is 1.30. The van der Waals surface area contributed by atoms with Gasteiger partial charge in [0.1, 0.15) is 0 Å². The number of benzene rings is 1. The fourth-order valence-corrected chi connectivity index (χ4v) is 3.86. The van der Waals surface area contributed by atoms with Gasteiger partial charge in [0.05, 0.1) is 11.5 Å². The molecule has 134 valence electrons. The first-order valence-corrected chi connectivity index (χ1v) is 10.5. The molecule has 5 nitrogen and oxygen atoms in total. The third-order valence-corrected chi connectivity index (χ3v) is 5.54. The molecule has 1 N–H and O–H groups in total. The van der Waals surface area contributed by atoms with Crippen LogP contribution >= 0.6 is 11.3 Å². The van der Waals surface area contributed by atoms with Gasteiger partial charge in [-0.25, -0.2) is 13.2 Å². The maximum Gasteiger partial charge on any atom is 0.334 e. The number of carbonyl (C=O) groups is 1. The molecule has 0 aliphatic rings. The van der Waals surface area contributed by atoms with Gasteiger partial charge in [0, 0.05) is 35.3 Å². The highest BCUT2D eigenvalue weighted by Gasteiger charge is 2.20. The highest BCUT2D eigenvalue weighted by atomic mass is 32.2. The number of hydrogen-bond acceptors (Lipinski definition) is 6. The normalized spacial score (nSPS) is 12.6. The molecular formula is C18H20O5S2. The summed E-state index contributed by atoms with van der Waals surface area (Å²) in [4.78, 5) is 13.4. The van der Waals surface area contributed by atoms with E-state index in [1.165, 1.54) is 23.5 Å². The Hall–Kier alpha value is -1.96. The Morgan fingerprint density at radius 2 is 1.88 bits per heavy atom. The van der Waals surface area contributed by atoms with E-state index in [9.17, 15) is 18.3 Å². The largest absolute Gasteiger partial charge is 0.463 e. The van der Waals surface area contributed by atoms with E-state index >= 15 is 0 Å². The van der Waals surface area contributed by atoms with Crippen LogP contribution in [0.2, 0.25) is 0 Å². The molecule has 0 saturated heterocycles. The lowest BCUT2D eigenvalue weighted by Gasteiger charge is -2.14. The molecule has 0 atom stereocenters. The SMILES string of the molecule is CCOC(=O)C(CCO)=C(c1ccc(S(C)(=O)=O)cc1)c1cccs1. The zero-order chi connectivity index (χ0) is 18.4. The van der Waals surface area contributed by atoms with Crippen LogP contribution in [-0.4, -0.2) is 39.0 Å². The molecular weight excluding hydrogens is 360 g/mol. The number of carbonyl (C=O) groups excluding carboxylic acids is 1. The smallest absolute Gasteiger partial charge is 0.334 e. The van der Waals surface area contributed by atoms with Gasteiger partial charge in [-0.1, -0.05) is 18.2 Å². The Morgan fingerprint density at radius 3 is 2.36 bits per heavy atom. The first-order valence-electron chi connectivity index (χ1n) is 7.74. The number of rotatable bonds is 7. The van der Waals surface area contributed by atoms with Crippen molar-refractivity contribution >= 4 is 32.7 Å². The average molecular weight is 380 g/mol. The Labute approximate surface area is 151 Å². The van der Waals surface area contributed by atoms with Crippen molar-refractivity contribution in [1.82, 2.24) is 0 Å². The van der Waals surface area contributed by atoms with Gasteiger partial charge in [-0.2, -0.15) is 0 Å². The van der Waals surface area contributed by atoms with E-state index < -0.39 is 15.8 Å². The molecule has 1 aromatic carbocycles. The predicted octanol–water partition coefficient (Wildman–Crippen LogP) is 2.90. The third kappa shape index (κ3) is 4.78. The topological polar surface area (TPSA) is 80.7 Å². The van der Waals surface area contributed by atoms with Crippen LogP contribution in [0.1, 0.15) is 23.8 Å². The van der Waals surface area contributed by atoms with Gasteiger partial charge < -0.3 is 9.84 Å². The lowest BCUT2D eigenvalue weighted by atomic mass is 9.96. The molecule has 25 heavy (non-hydrogen) atoms. The monoisotopic (exact) mass is 380 g/mol. The minimum Gasteiger partial charge on any atom is -0.463 e. The summed E-state index contributed by atoms with van der Waals surface area (Å²) in [5, 5.41) is 11.3. The second-order valence-corrected chi connectivity index (χ2v) is 8.28. The van der Waals surface area contributed by atoms with Crippen LogP contribution in [0.25, 0.3) is 5.57 Å². The number of aliphatic hydroxyl groups is 1. The van der Waals surface area contributed by atoms with E-state index in [0.29, 0.717) is 16.7 Å². The van der Waals surface area contributed by atoms with Crippen LogP contribution in [-0.2, 0) is 19.4 Å². The van der Waals surface area contributed by atoms with Crippen LogP contribution in [0.3, 0.4) is 0 Å². The van der Waals surface area contributed by atoms with Gasteiger partial charge in [0.15, 0.2) is 9.84 Å². The van der Waals surface area contributed by atoms with Crippen molar-refractivity contribution in [2.75, 3.05) is 19.5 Å². The molecule has 0 radical (unpaired) electrons. The Morgan fingerprint density at radius 1 is 1.20 bits per heavy atom. The maximum absolute atomic E-state index is 12.4. The molecule has 0 amide bonds. The van der Waals surface area contributed by atoms with Gasteiger partial charge in [-0.3, -0.25) is 0 Å². The maximum atomic E-state index is 12.4. The van der Waals surface area contributed by atoms with Crippen molar-refractivity contribution in [3.05, 3.63) is 57.8 Å². The Balaban J connectivity index is 2.63. The summed E-state index contributed by atoms with van der Waals surface area (Å²) in [6.45, 7) is 1.77. The number of thiophene rings is 1. The standard InChI is InChI=1S/C18H20O5S2/c1-3-23-18(20)15(10-11-19)17(16-5-4-12-24-16)13-6-8-14(9-7-13)25(2,21)22/h4-9,12,19H,3,10-11H2,1-2H3. The summed E-state index contributed by atoms with van der Waals surface area (Å²) in [5.74, 6) is -0.480. The minimum absolute atomic E-state index is 0.153. The second kappa shape index (κ2) is 8.42. The van der Waals surface area contributed by atoms with E-state index in [4.69, 9.17) is 4.74 Å². The first kappa shape index (κ1) is 19.4. The molecule has 0 bridgehead atoms. The first-order chi connectivity index (χ1) is 11.9. The number of aliphatic hydroxyl groups excluding tert-OH is 1. The van der Waals surface area contributed by atoms with E-state index in [0.717, 1.165) is 11.1 Å². The highest BCUT2D eigenvalue weighted by molar-refractivity contribution is 7.90. The molecule has 2 aromatic rings. The van der Waals surface area contributed by atoms with E-state index in [1.807, 2.05) is 17.5 Å². The third-order valence-electron chi connectivity index (χ3n) is 3.52. The molecule has 0 saturated carbocycles. The van der Waals surface area contributed by atoms with Crippen molar-refractivity contribution in [1.29, 1.82) is 0 Å². The number of sulfone groups is 1. The van der Waals surface area contributed by atoms with Crippen LogP contribution in [0.15, 0.2) is 52.2 Å². The zero-order valence-corrected chi connectivity index (χ0v) is 15.7. The number of ether oxygens (including phenoxy) is 1. The summed E-state index contributed by atoms with van der Waals surface area (Å²) in [7, 11) is -3.30. The summed E-state index contributed by atoms with van der Waals surface area (Å²) in [5.41, 5.74) is 1.73. The van der Waals surface area contributed by atoms with Crippen molar-refractivity contribution in [2.24, 2.45) is 0 Å². The number of esters is 1. The fourth-order valence-electron chi connectivity index (χ4n) is 2.41. The van der Waals surface area contributed by atoms with Crippen molar-refractivity contribution in [2.45, 2.75) is 18.2 Å². The summed E-state index contributed by atoms with van der Waals surface area (Å²) < 4.78 is 28.4. The second-order valence-electron chi connectivity index (χ2n) is 5.32. The molecule has 1 heterocycles. The summed E-state index contributed by atoms with van der Waals surface area (Å²) in [6, 6.07) is 10.1. The van der Waals surface area contributed by atoms with E-state index in [-0.39, 0.29) is 24.5 Å². The van der Waals surface area contributed by atoms with Crippen LogP contribution in [0, 0.1) is 0 Å². The summed E-state index contributed by atoms with van der Waals surface area (Å²) >= 11 is 1.46. The molecule has 2 rings (SSSR count). The van der Waals surface area contributed by atoms with Gasteiger partial charge in [-0.05, 0) is 36.1 Å². The van der Waals surface area contributed by atoms with Gasteiger partial charge in [-0.15, -0.1) is 11.3 Å². The molecule has 1 aromatic heterocycles. The lowest BCUT2D eigenvalue weighted by Crippen LogP contribution is -2.12. The highest BCUT2D eigenvalue weighted by Crippen LogP contribution is 2.32. The van der Waals surface area contributed by atoms with Crippen LogP contribution in [0.5, 0.6) is 0 Å². The molecule has 7 heteroatoms. The Kier molecular flexibility index (Phi) is 6.52. The van der Waals surface area contributed by atoms with Crippen LogP contribution < -0.4 is 0 Å². The fraction of sp³-hybridized carbons (Fsp3) is 0.278. The molecule has 0 aliphatic carbocycles. The van der Waals surface area contributed by atoms with Crippen LogP contribution in [0.4, 0.5) is 0 Å². The van der Waals surface area contributed by atoms with Crippen molar-refractivity contribution < 1.29 is 23.1 Å². The van der Waals surface area contributed by atoms with E-state index in [1.54, 1.807) is 19.1 Å². The predicted molar refractivity (Wildman–Crippen MR) is 98.2 cm³/mol. The molecule has 0 aliphatic heterocycles. The van der Waals surface area contributed by atoms with Gasteiger partial charge >= 0.3 is 5.97 Å². The lowest BCUT2D eigenvalue weighted by molar-refractivity contribution is -0.138. The van der Waals surface area contributed by atoms with Crippen molar-refractivity contribution in [3.8, 4) is 0 Å². The quantitative estimate of drug-likeness (QED) is 0.590. The van der Waals surface area contributed by atoms with Gasteiger partial charge in [0.25, 0.3) is 0 Å². The average Bonchev–Trinajstić information content (AvgIpc) is 3.08. The molecule has 0 unspecified atom stereocenters. The van der Waals surface area contributed by atoms with Crippen molar-refractivity contribution in [3.63, 3.8) is 0 Å². The minimum atomic E-state index is -3.30.